The molecule has 2 heterocycles. The molecule has 0 aliphatic carbocycles. The number of hydrogen-bond acceptors (Lipinski definition) is 4. The van der Waals surface area contributed by atoms with E-state index in [0.717, 1.165) is 26.9 Å². The van der Waals surface area contributed by atoms with E-state index in [0.29, 0.717) is 32.3 Å². The Bertz CT molecular complexity index is 1660. The fraction of sp³-hybridized carbons (Fsp3) is 0.148. The van der Waals surface area contributed by atoms with Gasteiger partial charge < -0.3 is 4.74 Å². The first-order chi connectivity index (χ1) is 18.2. The molecule has 0 spiro atoms. The van der Waals surface area contributed by atoms with Crippen molar-refractivity contribution in [2.24, 2.45) is 0 Å². The zero-order valence-corrected chi connectivity index (χ0v) is 21.3. The molecule has 0 amide bonds. The number of nitrogens with zero attached hydrogens (tertiary/aromatic N) is 4. The number of rotatable bonds is 6. The smallest absolute Gasteiger partial charge is 0.416 e. The fourth-order valence-electron chi connectivity index (χ4n) is 4.09. The van der Waals surface area contributed by atoms with Crippen molar-refractivity contribution in [3.63, 3.8) is 0 Å². The van der Waals surface area contributed by atoms with Crippen molar-refractivity contribution in [1.82, 2.24) is 19.4 Å². The van der Waals surface area contributed by atoms with Crippen LogP contribution in [0.15, 0.2) is 77.6 Å². The van der Waals surface area contributed by atoms with Crippen LogP contribution in [0.1, 0.15) is 18.1 Å². The first kappa shape index (κ1) is 25.8. The minimum absolute atomic E-state index is 0.0549. The molecule has 0 atom stereocenters. The van der Waals surface area contributed by atoms with Crippen LogP contribution in [0.2, 0.25) is 10.0 Å². The topological polar surface area (TPSA) is 61.4 Å². The monoisotopic (exact) mass is 558 g/mol. The molecule has 2 aromatic heterocycles. The molecule has 0 saturated carbocycles. The Kier molecular flexibility index (Phi) is 6.90. The largest absolute Gasteiger partial charge is 0.476 e. The van der Waals surface area contributed by atoms with E-state index in [1.165, 1.54) is 12.1 Å². The Morgan fingerprint density at radius 1 is 0.816 bits per heavy atom. The molecule has 0 unspecified atom stereocenters. The highest BCUT2D eigenvalue weighted by Gasteiger charge is 2.30. The van der Waals surface area contributed by atoms with Gasteiger partial charge in [-0.25, -0.2) is 9.48 Å². The highest BCUT2D eigenvalue weighted by atomic mass is 35.5. The normalized spacial score (nSPS) is 11.7. The second kappa shape index (κ2) is 10.2. The molecule has 0 N–H and O–H groups in total. The van der Waals surface area contributed by atoms with Gasteiger partial charge >= 0.3 is 11.9 Å². The van der Waals surface area contributed by atoms with Gasteiger partial charge in [0.2, 0.25) is 5.88 Å². The van der Waals surface area contributed by atoms with Crippen LogP contribution in [0.5, 0.6) is 5.88 Å². The van der Waals surface area contributed by atoms with Gasteiger partial charge in [0.25, 0.3) is 0 Å². The van der Waals surface area contributed by atoms with Gasteiger partial charge in [-0.3, -0.25) is 0 Å². The average Bonchev–Trinajstić information content (AvgIpc) is 3.19. The van der Waals surface area contributed by atoms with E-state index >= 15 is 0 Å². The van der Waals surface area contributed by atoms with Crippen molar-refractivity contribution in [2.45, 2.75) is 19.6 Å². The van der Waals surface area contributed by atoms with Gasteiger partial charge in [-0.05, 0) is 60.0 Å². The highest BCUT2D eigenvalue weighted by Crippen LogP contribution is 2.40. The predicted molar refractivity (Wildman–Crippen MR) is 140 cm³/mol. The standard InChI is InChI=1S/C27H19Cl2F3N4O2/c1-2-38-25-23(18-7-13-21(29)14-8-18)22(17-5-11-20(28)12-6-17)24-33-35(26(37)36(24)34-25)15-16-3-9-19(10-4-16)27(30,31)32/h3-14H,2,15H2,1H3. The summed E-state index contributed by atoms with van der Waals surface area (Å²) in [5.74, 6) is 0.212. The third kappa shape index (κ3) is 4.99. The van der Waals surface area contributed by atoms with Crippen LogP contribution in [-0.2, 0) is 12.7 Å². The molecule has 3 aromatic carbocycles. The van der Waals surface area contributed by atoms with E-state index in [2.05, 4.69) is 10.2 Å². The number of aromatic nitrogens is 4. The summed E-state index contributed by atoms with van der Waals surface area (Å²) < 4.78 is 47.1. The van der Waals surface area contributed by atoms with Crippen LogP contribution < -0.4 is 10.4 Å². The van der Waals surface area contributed by atoms with E-state index in [4.69, 9.17) is 27.9 Å². The van der Waals surface area contributed by atoms with Gasteiger partial charge in [0.05, 0.1) is 24.3 Å². The molecular weight excluding hydrogens is 540 g/mol. The maximum Gasteiger partial charge on any atom is 0.416 e. The Balaban J connectivity index is 1.74. The first-order valence-electron chi connectivity index (χ1n) is 11.5. The van der Waals surface area contributed by atoms with Crippen molar-refractivity contribution < 1.29 is 17.9 Å². The Morgan fingerprint density at radius 2 is 1.37 bits per heavy atom. The lowest BCUT2D eigenvalue weighted by molar-refractivity contribution is -0.137. The SMILES string of the molecule is CCOc1nn2c(=O)n(Cc3ccc(C(F)(F)F)cc3)nc2c(-c2ccc(Cl)cc2)c1-c1ccc(Cl)cc1. The molecule has 38 heavy (non-hydrogen) atoms. The van der Waals surface area contributed by atoms with Crippen molar-refractivity contribution in [3.05, 3.63) is 104 Å². The molecule has 5 rings (SSSR count). The molecule has 0 aliphatic rings. The van der Waals surface area contributed by atoms with Gasteiger partial charge in [-0.1, -0.05) is 59.6 Å². The van der Waals surface area contributed by atoms with Gasteiger partial charge in [-0.2, -0.15) is 17.7 Å². The molecule has 0 radical (unpaired) electrons. The van der Waals surface area contributed by atoms with E-state index in [1.807, 2.05) is 12.1 Å². The lowest BCUT2D eigenvalue weighted by atomic mass is 9.96. The summed E-state index contributed by atoms with van der Waals surface area (Å²) in [7, 11) is 0. The first-order valence-corrected chi connectivity index (χ1v) is 12.3. The van der Waals surface area contributed by atoms with Crippen molar-refractivity contribution in [1.29, 1.82) is 0 Å². The predicted octanol–water partition coefficient (Wildman–Crippen LogP) is 7.00. The molecule has 5 aromatic rings. The highest BCUT2D eigenvalue weighted by molar-refractivity contribution is 6.31. The number of alkyl halides is 3. The number of benzene rings is 3. The van der Waals surface area contributed by atoms with Crippen LogP contribution >= 0.6 is 23.2 Å². The maximum absolute atomic E-state index is 13.4. The maximum atomic E-state index is 13.4. The molecule has 0 saturated heterocycles. The lowest BCUT2D eigenvalue weighted by Gasteiger charge is -2.15. The van der Waals surface area contributed by atoms with Crippen LogP contribution in [0, 0.1) is 0 Å². The van der Waals surface area contributed by atoms with Crippen molar-refractivity contribution in [3.8, 4) is 28.1 Å². The third-order valence-electron chi connectivity index (χ3n) is 5.86. The summed E-state index contributed by atoms with van der Waals surface area (Å²) in [5, 5.41) is 10.1. The molecule has 6 nitrogen and oxygen atoms in total. The number of hydrogen-bond donors (Lipinski definition) is 0. The molecule has 0 aliphatic heterocycles. The summed E-state index contributed by atoms with van der Waals surface area (Å²) >= 11 is 12.3. The van der Waals surface area contributed by atoms with Gasteiger partial charge in [0, 0.05) is 15.6 Å². The Hall–Kier alpha value is -3.82. The number of halogens is 5. The second-order valence-corrected chi connectivity index (χ2v) is 9.25. The molecule has 194 valence electrons. The Morgan fingerprint density at radius 3 is 1.89 bits per heavy atom. The van der Waals surface area contributed by atoms with Gasteiger partial charge in [-0.15, -0.1) is 10.2 Å². The van der Waals surface area contributed by atoms with Gasteiger partial charge in [0.1, 0.15) is 0 Å². The summed E-state index contributed by atoms with van der Waals surface area (Å²) in [6.07, 6.45) is -4.45. The van der Waals surface area contributed by atoms with Crippen LogP contribution in [0.25, 0.3) is 27.9 Å². The number of fused-ring (bicyclic) bond motifs is 1. The molecule has 0 fully saturated rings. The van der Waals surface area contributed by atoms with Crippen molar-refractivity contribution >= 4 is 28.8 Å². The zero-order valence-electron chi connectivity index (χ0n) is 19.8. The van der Waals surface area contributed by atoms with E-state index in [1.54, 1.807) is 43.3 Å². The molecule has 0 bridgehead atoms. The number of ether oxygens (including phenoxy) is 1. The van der Waals surface area contributed by atoms with E-state index in [-0.39, 0.29) is 24.7 Å². The van der Waals surface area contributed by atoms with Crippen molar-refractivity contribution in [2.75, 3.05) is 6.61 Å². The lowest BCUT2D eigenvalue weighted by Crippen LogP contribution is -2.23. The van der Waals surface area contributed by atoms with Gasteiger partial charge in [0.15, 0.2) is 5.65 Å². The third-order valence-corrected chi connectivity index (χ3v) is 6.36. The van der Waals surface area contributed by atoms with E-state index in [9.17, 15) is 18.0 Å². The minimum atomic E-state index is -4.45. The van der Waals surface area contributed by atoms with Crippen LogP contribution in [0.4, 0.5) is 13.2 Å². The average molecular weight is 559 g/mol. The van der Waals surface area contributed by atoms with E-state index < -0.39 is 17.4 Å². The fourth-order valence-corrected chi connectivity index (χ4v) is 4.34. The van der Waals surface area contributed by atoms with Crippen LogP contribution in [-0.4, -0.2) is 26.0 Å². The summed E-state index contributed by atoms with van der Waals surface area (Å²) in [6, 6.07) is 18.7. The Labute approximate surface area is 224 Å². The van der Waals surface area contributed by atoms with Crippen LogP contribution in [0.3, 0.4) is 0 Å². The zero-order chi connectivity index (χ0) is 27.0. The molecular formula is C27H19Cl2F3N4O2. The molecule has 11 heteroatoms. The summed E-state index contributed by atoms with van der Waals surface area (Å²) in [5.41, 5.74) is 2.00. The minimum Gasteiger partial charge on any atom is -0.476 e. The second-order valence-electron chi connectivity index (χ2n) is 8.37. The summed E-state index contributed by atoms with van der Waals surface area (Å²) in [6.45, 7) is 2.03. The summed E-state index contributed by atoms with van der Waals surface area (Å²) in [4.78, 5) is 13.4. The quantitative estimate of drug-likeness (QED) is 0.225.